The number of carbonyl (C=O) groups excluding carboxylic acids is 3. The van der Waals surface area contributed by atoms with Crippen molar-refractivity contribution in [1.82, 2.24) is 4.90 Å². The lowest BCUT2D eigenvalue weighted by molar-refractivity contribution is -0.135. The molecule has 0 radical (unpaired) electrons. The third-order valence-electron chi connectivity index (χ3n) is 7.51. The highest BCUT2D eigenvalue weighted by molar-refractivity contribution is 6.25. The number of hydrogen-bond acceptors (Lipinski definition) is 4. The molecule has 30 heavy (non-hydrogen) atoms. The first-order valence-electron chi connectivity index (χ1n) is 10.7. The number of rotatable bonds is 2. The number of aryl methyl sites for hydroxylation is 1. The molecule has 2 aromatic rings. The van der Waals surface area contributed by atoms with Crippen molar-refractivity contribution in [1.29, 1.82) is 0 Å². The molecule has 6 nitrogen and oxygen atoms in total. The van der Waals surface area contributed by atoms with Gasteiger partial charge in [-0.1, -0.05) is 43.3 Å². The molecular formula is C24H23N3O3. The van der Waals surface area contributed by atoms with E-state index >= 15 is 0 Å². The lowest BCUT2D eigenvalue weighted by Gasteiger charge is -2.36. The van der Waals surface area contributed by atoms with Crippen molar-refractivity contribution >= 4 is 29.1 Å². The Kier molecular flexibility index (Phi) is 3.58. The SMILES string of the molecule is CCc1cccc2c1NC(=O)[C@]21[C@@H]2C(=O)N(c3ccccc3)C(=O)[C@@H]2[C@@H]2CCCN21. The van der Waals surface area contributed by atoms with Crippen molar-refractivity contribution in [2.24, 2.45) is 11.8 Å². The zero-order valence-corrected chi connectivity index (χ0v) is 16.8. The monoisotopic (exact) mass is 401 g/mol. The molecule has 152 valence electrons. The molecule has 3 saturated heterocycles. The number of para-hydroxylation sites is 2. The van der Waals surface area contributed by atoms with Crippen LogP contribution in [-0.4, -0.2) is 35.2 Å². The molecule has 0 unspecified atom stereocenters. The molecule has 0 aromatic heterocycles. The van der Waals surface area contributed by atoms with Crippen LogP contribution in [0.1, 0.15) is 30.9 Å². The van der Waals surface area contributed by atoms with E-state index in [0.29, 0.717) is 5.69 Å². The molecule has 2 aromatic carbocycles. The number of hydrogen-bond donors (Lipinski definition) is 1. The second kappa shape index (κ2) is 6.01. The molecule has 6 heteroatoms. The standard InChI is InChI=1S/C24H23N3O3/c1-2-14-8-6-11-16-20(14)25-23(30)24(16)19-18(17-12-7-13-26(17)24)21(28)27(22(19)29)15-9-4-3-5-10-15/h3-6,8-11,17-19H,2,7,12-13H2,1H3,(H,25,30)/t17-,18+,19-,24+/m0/s1. The Morgan fingerprint density at radius 1 is 1.03 bits per heavy atom. The Balaban J connectivity index is 1.58. The number of benzene rings is 2. The summed E-state index contributed by atoms with van der Waals surface area (Å²) >= 11 is 0. The van der Waals surface area contributed by atoms with Crippen LogP contribution in [0.25, 0.3) is 0 Å². The number of nitrogens with zero attached hydrogens (tertiary/aromatic N) is 2. The molecule has 0 bridgehead atoms. The average molecular weight is 401 g/mol. The highest BCUT2D eigenvalue weighted by Crippen LogP contribution is 2.61. The summed E-state index contributed by atoms with van der Waals surface area (Å²) in [5.74, 6) is -1.76. The number of fused-ring (bicyclic) bond motifs is 7. The minimum Gasteiger partial charge on any atom is -0.324 e. The molecule has 6 rings (SSSR count). The third-order valence-corrected chi connectivity index (χ3v) is 7.51. The third kappa shape index (κ3) is 1.90. The Morgan fingerprint density at radius 2 is 1.83 bits per heavy atom. The maximum absolute atomic E-state index is 13.8. The summed E-state index contributed by atoms with van der Waals surface area (Å²) in [6.45, 7) is 2.79. The minimum atomic E-state index is -1.09. The highest BCUT2D eigenvalue weighted by atomic mass is 16.2. The van der Waals surface area contributed by atoms with Gasteiger partial charge in [0.05, 0.1) is 17.5 Å². The average Bonchev–Trinajstić information content (AvgIpc) is 3.46. The zero-order valence-electron chi connectivity index (χ0n) is 16.8. The summed E-state index contributed by atoms with van der Waals surface area (Å²) in [6.07, 6.45) is 2.55. The molecule has 1 spiro atoms. The Labute approximate surface area is 174 Å². The summed E-state index contributed by atoms with van der Waals surface area (Å²) < 4.78 is 0. The van der Waals surface area contributed by atoms with Crippen molar-refractivity contribution in [2.45, 2.75) is 37.8 Å². The van der Waals surface area contributed by atoms with Gasteiger partial charge in [-0.05, 0) is 43.5 Å². The Bertz CT molecular complexity index is 1100. The van der Waals surface area contributed by atoms with Crippen LogP contribution in [0.15, 0.2) is 48.5 Å². The van der Waals surface area contributed by atoms with Gasteiger partial charge in [0.25, 0.3) is 0 Å². The fourth-order valence-electron chi connectivity index (χ4n) is 6.42. The van der Waals surface area contributed by atoms with Gasteiger partial charge in [0.15, 0.2) is 0 Å². The van der Waals surface area contributed by atoms with Gasteiger partial charge in [-0.15, -0.1) is 0 Å². The van der Waals surface area contributed by atoms with Crippen molar-refractivity contribution in [2.75, 3.05) is 16.8 Å². The highest BCUT2D eigenvalue weighted by Gasteiger charge is 2.74. The van der Waals surface area contributed by atoms with Gasteiger partial charge >= 0.3 is 0 Å². The van der Waals surface area contributed by atoms with Gasteiger partial charge in [-0.25, -0.2) is 4.90 Å². The first-order chi connectivity index (χ1) is 14.6. The molecule has 1 N–H and O–H groups in total. The first kappa shape index (κ1) is 17.8. The zero-order chi connectivity index (χ0) is 20.6. The van der Waals surface area contributed by atoms with Crippen molar-refractivity contribution in [3.05, 3.63) is 59.7 Å². The van der Waals surface area contributed by atoms with Crippen molar-refractivity contribution in [3.63, 3.8) is 0 Å². The minimum absolute atomic E-state index is 0.0813. The van der Waals surface area contributed by atoms with E-state index in [0.717, 1.165) is 42.6 Å². The Morgan fingerprint density at radius 3 is 2.60 bits per heavy atom. The number of anilines is 2. The molecule has 4 atom stereocenters. The number of nitrogens with one attached hydrogen (secondary N) is 1. The maximum atomic E-state index is 13.8. The van der Waals surface area contributed by atoms with Crippen LogP contribution in [0.4, 0.5) is 11.4 Å². The summed E-state index contributed by atoms with van der Waals surface area (Å²) in [4.78, 5) is 44.5. The van der Waals surface area contributed by atoms with Gasteiger partial charge in [0, 0.05) is 17.3 Å². The normalized spacial score (nSPS) is 32.0. The van der Waals surface area contributed by atoms with Gasteiger partial charge < -0.3 is 5.32 Å². The summed E-state index contributed by atoms with van der Waals surface area (Å²) in [6, 6.07) is 15.0. The predicted molar refractivity (Wildman–Crippen MR) is 112 cm³/mol. The van der Waals surface area contributed by atoms with Crippen LogP contribution in [0.5, 0.6) is 0 Å². The van der Waals surface area contributed by atoms with Gasteiger partial charge in [0.1, 0.15) is 5.54 Å². The van der Waals surface area contributed by atoms with Crippen LogP contribution >= 0.6 is 0 Å². The van der Waals surface area contributed by atoms with Gasteiger partial charge in [0.2, 0.25) is 17.7 Å². The second-order valence-corrected chi connectivity index (χ2v) is 8.67. The number of amides is 3. The summed E-state index contributed by atoms with van der Waals surface area (Å²) in [7, 11) is 0. The van der Waals surface area contributed by atoms with Crippen LogP contribution in [0.2, 0.25) is 0 Å². The second-order valence-electron chi connectivity index (χ2n) is 8.67. The summed E-state index contributed by atoms with van der Waals surface area (Å²) in [5, 5.41) is 3.10. The lowest BCUT2D eigenvalue weighted by Crippen LogP contribution is -2.54. The quantitative estimate of drug-likeness (QED) is 0.786. The smallest absolute Gasteiger partial charge is 0.250 e. The van der Waals surface area contributed by atoms with Crippen molar-refractivity contribution < 1.29 is 14.4 Å². The molecule has 4 aliphatic rings. The van der Waals surface area contributed by atoms with Crippen molar-refractivity contribution in [3.8, 4) is 0 Å². The van der Waals surface area contributed by atoms with Crippen LogP contribution < -0.4 is 10.2 Å². The molecule has 4 aliphatic heterocycles. The lowest BCUT2D eigenvalue weighted by atomic mass is 9.75. The van der Waals surface area contributed by atoms with Crippen LogP contribution in [-0.2, 0) is 26.3 Å². The number of carbonyl (C=O) groups is 3. The molecule has 4 heterocycles. The van der Waals surface area contributed by atoms with E-state index in [9.17, 15) is 14.4 Å². The molecule has 0 aliphatic carbocycles. The van der Waals surface area contributed by atoms with E-state index in [2.05, 4.69) is 17.1 Å². The predicted octanol–water partition coefficient (Wildman–Crippen LogP) is 2.68. The maximum Gasteiger partial charge on any atom is 0.250 e. The molecular weight excluding hydrogens is 378 g/mol. The van der Waals surface area contributed by atoms with E-state index < -0.39 is 17.4 Å². The van der Waals surface area contributed by atoms with Gasteiger partial charge in [-0.2, -0.15) is 0 Å². The molecule has 3 fully saturated rings. The molecule has 3 amide bonds. The van der Waals surface area contributed by atoms with Crippen LogP contribution in [0, 0.1) is 11.8 Å². The topological polar surface area (TPSA) is 69.7 Å². The fourth-order valence-corrected chi connectivity index (χ4v) is 6.42. The first-order valence-corrected chi connectivity index (χ1v) is 10.7. The summed E-state index contributed by atoms with van der Waals surface area (Å²) in [5.41, 5.74) is 2.25. The molecule has 0 saturated carbocycles. The van der Waals surface area contributed by atoms with Gasteiger partial charge in [-0.3, -0.25) is 19.3 Å². The van der Waals surface area contributed by atoms with E-state index in [1.807, 2.05) is 36.4 Å². The largest absolute Gasteiger partial charge is 0.324 e. The van der Waals surface area contributed by atoms with Crippen LogP contribution in [0.3, 0.4) is 0 Å². The van der Waals surface area contributed by atoms with E-state index in [-0.39, 0.29) is 23.8 Å². The van der Waals surface area contributed by atoms with E-state index in [1.54, 1.807) is 12.1 Å². The fraction of sp³-hybridized carbons (Fsp3) is 0.375. The number of imide groups is 1. The van der Waals surface area contributed by atoms with E-state index in [1.165, 1.54) is 4.90 Å². The Hall–Kier alpha value is -2.99. The van der Waals surface area contributed by atoms with E-state index in [4.69, 9.17) is 0 Å².